The van der Waals surface area contributed by atoms with E-state index < -0.39 is 0 Å². The fourth-order valence-corrected chi connectivity index (χ4v) is 3.25. The summed E-state index contributed by atoms with van der Waals surface area (Å²) in [5, 5.41) is 13.7. The number of aromatic nitrogens is 3. The molecule has 4 rings (SSSR count). The fraction of sp³-hybridized carbons (Fsp3) is 0.294. The lowest BCUT2D eigenvalue weighted by Gasteiger charge is -2.15. The first-order chi connectivity index (χ1) is 11.6. The van der Waals surface area contributed by atoms with Crippen molar-refractivity contribution in [1.29, 1.82) is 0 Å². The number of rotatable bonds is 3. The summed E-state index contributed by atoms with van der Waals surface area (Å²) >= 11 is 0. The third kappa shape index (κ3) is 2.28. The van der Waals surface area contributed by atoms with Gasteiger partial charge in [-0.25, -0.2) is 4.39 Å². The molecule has 24 heavy (non-hydrogen) atoms. The maximum atomic E-state index is 14.0. The molecule has 6 nitrogen and oxygen atoms in total. The van der Waals surface area contributed by atoms with Crippen molar-refractivity contribution in [1.82, 2.24) is 19.7 Å². The van der Waals surface area contributed by atoms with Gasteiger partial charge < -0.3 is 15.0 Å². The number of carbonyl (C=O) groups is 1. The summed E-state index contributed by atoms with van der Waals surface area (Å²) in [5.41, 5.74) is 3.73. The number of fused-ring (bicyclic) bond motifs is 2. The highest BCUT2D eigenvalue weighted by Gasteiger charge is 2.28. The van der Waals surface area contributed by atoms with E-state index in [1.165, 1.54) is 6.07 Å². The molecule has 2 N–H and O–H groups in total. The summed E-state index contributed by atoms with van der Waals surface area (Å²) in [5.74, 6) is -0.501. The molecule has 0 unspecified atom stereocenters. The number of benzene rings is 1. The van der Waals surface area contributed by atoms with Gasteiger partial charge in [0.25, 0.3) is 5.91 Å². The molecule has 7 heteroatoms. The van der Waals surface area contributed by atoms with Crippen LogP contribution in [0.4, 0.5) is 4.39 Å². The van der Waals surface area contributed by atoms with E-state index in [-0.39, 0.29) is 18.3 Å². The minimum atomic E-state index is -0.330. The Morgan fingerprint density at radius 3 is 3.00 bits per heavy atom. The summed E-state index contributed by atoms with van der Waals surface area (Å²) in [6.07, 6.45) is 1.73. The molecule has 0 bridgehead atoms. The predicted octanol–water partition coefficient (Wildman–Crippen LogP) is 1.96. The van der Waals surface area contributed by atoms with Crippen LogP contribution in [0.25, 0.3) is 10.9 Å². The quantitative estimate of drug-likeness (QED) is 0.772. The van der Waals surface area contributed by atoms with Gasteiger partial charge in [-0.15, -0.1) is 0 Å². The van der Waals surface area contributed by atoms with Crippen molar-refractivity contribution in [3.8, 4) is 0 Å². The standard InChI is InChI=1S/C17H17FN4O2/c1-10-4-13(18)12-6-15(20-14(12)5-10)17(24)21-8-11-7-19-22(2-3-23)16(11)9-21/h4-7,20,23H,2-3,8-9H2,1H3. The second-order valence-corrected chi connectivity index (χ2v) is 6.12. The third-order valence-electron chi connectivity index (χ3n) is 4.40. The number of hydrogen-bond donors (Lipinski definition) is 2. The van der Waals surface area contributed by atoms with Crippen LogP contribution in [0.3, 0.4) is 0 Å². The topological polar surface area (TPSA) is 74.2 Å². The number of amides is 1. The smallest absolute Gasteiger partial charge is 0.270 e. The summed E-state index contributed by atoms with van der Waals surface area (Å²) in [6.45, 7) is 3.13. The van der Waals surface area contributed by atoms with E-state index in [9.17, 15) is 9.18 Å². The van der Waals surface area contributed by atoms with Crippen LogP contribution in [-0.4, -0.2) is 37.3 Å². The third-order valence-corrected chi connectivity index (χ3v) is 4.40. The highest BCUT2D eigenvalue weighted by molar-refractivity contribution is 5.98. The van der Waals surface area contributed by atoms with Crippen LogP contribution >= 0.6 is 0 Å². The Balaban J connectivity index is 1.62. The minimum absolute atomic E-state index is 0.00269. The molecule has 1 aliphatic rings. The molecule has 3 heterocycles. The van der Waals surface area contributed by atoms with Gasteiger partial charge in [0, 0.05) is 23.0 Å². The van der Waals surface area contributed by atoms with E-state index in [0.29, 0.717) is 36.2 Å². The number of carbonyl (C=O) groups excluding carboxylic acids is 1. The van der Waals surface area contributed by atoms with Crippen LogP contribution in [0.15, 0.2) is 24.4 Å². The molecule has 0 saturated carbocycles. The van der Waals surface area contributed by atoms with Crippen molar-refractivity contribution in [2.45, 2.75) is 26.6 Å². The number of hydrogen-bond acceptors (Lipinski definition) is 3. The SMILES string of the molecule is Cc1cc(F)c2cc(C(=O)N3Cc4cnn(CCO)c4C3)[nH]c2c1. The maximum absolute atomic E-state index is 14.0. The number of H-pyrrole nitrogens is 1. The zero-order valence-electron chi connectivity index (χ0n) is 13.2. The number of nitrogens with one attached hydrogen (secondary N) is 1. The average molecular weight is 328 g/mol. The molecule has 3 aromatic rings. The lowest BCUT2D eigenvalue weighted by atomic mass is 10.2. The zero-order chi connectivity index (χ0) is 16.8. The molecule has 2 aromatic heterocycles. The van der Waals surface area contributed by atoms with E-state index >= 15 is 0 Å². The fourth-order valence-electron chi connectivity index (χ4n) is 3.25. The summed E-state index contributed by atoms with van der Waals surface area (Å²) in [7, 11) is 0. The summed E-state index contributed by atoms with van der Waals surface area (Å²) in [4.78, 5) is 17.5. The molecular formula is C17H17FN4O2. The molecule has 0 spiro atoms. The lowest BCUT2D eigenvalue weighted by Crippen LogP contribution is -2.26. The Bertz CT molecular complexity index is 944. The van der Waals surface area contributed by atoms with Gasteiger partial charge in [-0.3, -0.25) is 9.48 Å². The molecule has 0 saturated heterocycles. The van der Waals surface area contributed by atoms with Crippen molar-refractivity contribution in [3.63, 3.8) is 0 Å². The Labute approximate surface area is 137 Å². The van der Waals surface area contributed by atoms with E-state index in [1.54, 1.807) is 21.8 Å². The number of halogens is 1. The van der Waals surface area contributed by atoms with Gasteiger partial charge >= 0.3 is 0 Å². The zero-order valence-corrected chi connectivity index (χ0v) is 13.2. The van der Waals surface area contributed by atoms with Crippen LogP contribution in [0, 0.1) is 12.7 Å². The van der Waals surface area contributed by atoms with Gasteiger partial charge in [-0.05, 0) is 30.7 Å². The van der Waals surface area contributed by atoms with Crippen molar-refractivity contribution in [2.75, 3.05) is 6.61 Å². The number of nitrogens with zero attached hydrogens (tertiary/aromatic N) is 3. The first kappa shape index (κ1) is 14.9. The van der Waals surface area contributed by atoms with E-state index in [2.05, 4.69) is 10.1 Å². The number of aliphatic hydroxyl groups is 1. The highest BCUT2D eigenvalue weighted by Crippen LogP contribution is 2.26. The normalized spacial score (nSPS) is 13.7. The first-order valence-electron chi connectivity index (χ1n) is 7.79. The van der Waals surface area contributed by atoms with Crippen LogP contribution in [0.1, 0.15) is 27.3 Å². The molecule has 1 aliphatic heterocycles. The van der Waals surface area contributed by atoms with Crippen molar-refractivity contribution in [3.05, 3.63) is 52.7 Å². The van der Waals surface area contributed by atoms with Gasteiger partial charge in [0.05, 0.1) is 31.6 Å². The van der Waals surface area contributed by atoms with E-state index in [0.717, 1.165) is 16.8 Å². The monoisotopic (exact) mass is 328 g/mol. The number of aryl methyl sites for hydroxylation is 1. The Morgan fingerprint density at radius 2 is 2.21 bits per heavy atom. The Kier molecular flexibility index (Phi) is 3.38. The van der Waals surface area contributed by atoms with Crippen LogP contribution in [0.5, 0.6) is 0 Å². The van der Waals surface area contributed by atoms with Crippen LogP contribution in [-0.2, 0) is 19.6 Å². The molecule has 0 radical (unpaired) electrons. The molecule has 0 atom stereocenters. The van der Waals surface area contributed by atoms with Gasteiger partial charge in [-0.1, -0.05) is 0 Å². The molecule has 0 fully saturated rings. The average Bonchev–Trinajstić information content (AvgIpc) is 3.21. The van der Waals surface area contributed by atoms with Gasteiger partial charge in [0.15, 0.2) is 0 Å². The minimum Gasteiger partial charge on any atom is -0.394 e. The largest absolute Gasteiger partial charge is 0.394 e. The summed E-state index contributed by atoms with van der Waals surface area (Å²) in [6, 6.07) is 4.85. The van der Waals surface area contributed by atoms with Gasteiger partial charge in [0.1, 0.15) is 11.5 Å². The van der Waals surface area contributed by atoms with Crippen LogP contribution in [0.2, 0.25) is 0 Å². The number of aromatic amines is 1. The second-order valence-electron chi connectivity index (χ2n) is 6.12. The number of aliphatic hydroxyl groups excluding tert-OH is 1. The molecule has 1 amide bonds. The van der Waals surface area contributed by atoms with Crippen molar-refractivity contribution in [2.24, 2.45) is 0 Å². The molecule has 124 valence electrons. The highest BCUT2D eigenvalue weighted by atomic mass is 19.1. The van der Waals surface area contributed by atoms with Crippen molar-refractivity contribution < 1.29 is 14.3 Å². The van der Waals surface area contributed by atoms with E-state index in [4.69, 9.17) is 5.11 Å². The van der Waals surface area contributed by atoms with Gasteiger partial charge in [-0.2, -0.15) is 5.10 Å². The van der Waals surface area contributed by atoms with Crippen LogP contribution < -0.4 is 0 Å². The van der Waals surface area contributed by atoms with E-state index in [1.807, 2.05) is 13.0 Å². The summed E-state index contributed by atoms with van der Waals surface area (Å²) < 4.78 is 15.7. The lowest BCUT2D eigenvalue weighted by molar-refractivity contribution is 0.0742. The first-order valence-corrected chi connectivity index (χ1v) is 7.79. The predicted molar refractivity (Wildman–Crippen MR) is 85.9 cm³/mol. The Hall–Kier alpha value is -2.67. The van der Waals surface area contributed by atoms with Gasteiger partial charge in [0.2, 0.25) is 0 Å². The Morgan fingerprint density at radius 1 is 1.38 bits per heavy atom. The second kappa shape index (κ2) is 5.45. The van der Waals surface area contributed by atoms with Crippen molar-refractivity contribution >= 4 is 16.8 Å². The molecule has 1 aromatic carbocycles. The molecule has 0 aliphatic carbocycles. The maximum Gasteiger partial charge on any atom is 0.270 e. The molecular weight excluding hydrogens is 311 g/mol.